The molecular weight excluding hydrogens is 290 g/mol. The van der Waals surface area contributed by atoms with E-state index in [2.05, 4.69) is 10.3 Å². The van der Waals surface area contributed by atoms with Gasteiger partial charge in [0, 0.05) is 41.5 Å². The van der Waals surface area contributed by atoms with Gasteiger partial charge in [0.25, 0.3) is 5.69 Å². The predicted octanol–water partition coefficient (Wildman–Crippen LogP) is 4.71. The van der Waals surface area contributed by atoms with Gasteiger partial charge >= 0.3 is 0 Å². The third kappa shape index (κ3) is 3.35. The molecule has 0 aliphatic heterocycles. The molecule has 1 aromatic heterocycles. The second-order valence-electron chi connectivity index (χ2n) is 5.20. The summed E-state index contributed by atoms with van der Waals surface area (Å²) >= 11 is 0. The lowest BCUT2D eigenvalue weighted by Gasteiger charge is -2.11. The van der Waals surface area contributed by atoms with Crippen LogP contribution >= 0.6 is 0 Å². The fraction of sp³-hybridized carbons (Fsp3) is 0.0556. The minimum atomic E-state index is -0.392. The molecule has 0 spiro atoms. The monoisotopic (exact) mass is 305 g/mol. The number of hydrogen-bond acceptors (Lipinski definition) is 4. The maximum absolute atomic E-state index is 10.9. The van der Waals surface area contributed by atoms with E-state index < -0.39 is 4.92 Å². The van der Waals surface area contributed by atoms with Gasteiger partial charge in [0.05, 0.1) is 4.92 Å². The third-order valence-corrected chi connectivity index (χ3v) is 3.57. The minimum absolute atomic E-state index is 0.0708. The second kappa shape index (κ2) is 6.27. The molecule has 0 fully saturated rings. The highest BCUT2D eigenvalue weighted by Gasteiger charge is 2.09. The Morgan fingerprint density at radius 3 is 2.61 bits per heavy atom. The van der Waals surface area contributed by atoms with Gasteiger partial charge in [0.2, 0.25) is 0 Å². The van der Waals surface area contributed by atoms with Crippen LogP contribution in [0, 0.1) is 17.0 Å². The summed E-state index contributed by atoms with van der Waals surface area (Å²) < 4.78 is 0. The lowest BCUT2D eigenvalue weighted by Crippen LogP contribution is -1.96. The van der Waals surface area contributed by atoms with Crippen LogP contribution in [0.15, 0.2) is 67.0 Å². The largest absolute Gasteiger partial charge is 0.355 e. The van der Waals surface area contributed by atoms with E-state index in [9.17, 15) is 10.1 Å². The Bertz CT molecular complexity index is 848. The number of benzene rings is 2. The molecule has 0 aliphatic carbocycles. The molecule has 0 unspecified atom stereocenters. The van der Waals surface area contributed by atoms with Gasteiger partial charge in [-0.3, -0.25) is 15.1 Å². The Morgan fingerprint density at radius 1 is 1.04 bits per heavy atom. The zero-order valence-corrected chi connectivity index (χ0v) is 12.6. The highest BCUT2D eigenvalue weighted by Crippen LogP contribution is 2.28. The summed E-state index contributed by atoms with van der Waals surface area (Å²) in [5.74, 6) is 0. The van der Waals surface area contributed by atoms with Crippen LogP contribution in [0.4, 0.5) is 17.1 Å². The molecule has 0 saturated carbocycles. The number of aromatic nitrogens is 1. The fourth-order valence-corrected chi connectivity index (χ4v) is 2.32. The summed E-state index contributed by atoms with van der Waals surface area (Å²) in [5.41, 5.74) is 4.67. The van der Waals surface area contributed by atoms with Gasteiger partial charge in [0.15, 0.2) is 0 Å². The van der Waals surface area contributed by atoms with Crippen molar-refractivity contribution in [1.29, 1.82) is 0 Å². The van der Waals surface area contributed by atoms with Gasteiger partial charge < -0.3 is 5.32 Å². The number of hydrogen-bond donors (Lipinski definition) is 1. The van der Waals surface area contributed by atoms with Crippen LogP contribution in [-0.2, 0) is 0 Å². The first kappa shape index (κ1) is 14.7. The van der Waals surface area contributed by atoms with Crippen molar-refractivity contribution in [2.24, 2.45) is 0 Å². The van der Waals surface area contributed by atoms with Crippen molar-refractivity contribution in [3.05, 3.63) is 82.7 Å². The molecule has 5 nitrogen and oxygen atoms in total. The quantitative estimate of drug-likeness (QED) is 0.560. The summed E-state index contributed by atoms with van der Waals surface area (Å²) in [4.78, 5) is 14.7. The first-order valence-electron chi connectivity index (χ1n) is 7.16. The normalized spacial score (nSPS) is 10.3. The summed E-state index contributed by atoms with van der Waals surface area (Å²) in [6, 6.07) is 16.5. The van der Waals surface area contributed by atoms with Crippen molar-refractivity contribution in [3.63, 3.8) is 0 Å². The van der Waals surface area contributed by atoms with E-state index >= 15 is 0 Å². The molecule has 0 saturated heterocycles. The molecule has 3 rings (SSSR count). The summed E-state index contributed by atoms with van der Waals surface area (Å²) in [7, 11) is 0. The fourth-order valence-electron chi connectivity index (χ4n) is 2.32. The first-order chi connectivity index (χ1) is 11.1. The van der Waals surface area contributed by atoms with Gasteiger partial charge in [0.1, 0.15) is 0 Å². The standard InChI is InChI=1S/C18H15N3O2/c1-13-7-8-17(21(22)23)11-18(13)20-16-6-2-4-14(10-16)15-5-3-9-19-12-15/h2-12,20H,1H3. The molecule has 114 valence electrons. The van der Waals surface area contributed by atoms with Crippen molar-refractivity contribution < 1.29 is 4.92 Å². The van der Waals surface area contributed by atoms with Gasteiger partial charge in [-0.2, -0.15) is 0 Å². The van der Waals surface area contributed by atoms with Crippen molar-refractivity contribution in [3.8, 4) is 11.1 Å². The molecule has 0 bridgehead atoms. The summed E-state index contributed by atoms with van der Waals surface area (Å²) in [6.45, 7) is 1.91. The maximum Gasteiger partial charge on any atom is 0.271 e. The molecule has 0 radical (unpaired) electrons. The van der Waals surface area contributed by atoms with Crippen LogP contribution < -0.4 is 5.32 Å². The molecule has 0 aliphatic rings. The molecule has 5 heteroatoms. The van der Waals surface area contributed by atoms with Crippen molar-refractivity contribution in [1.82, 2.24) is 4.98 Å². The smallest absolute Gasteiger partial charge is 0.271 e. The zero-order valence-electron chi connectivity index (χ0n) is 12.6. The van der Waals surface area contributed by atoms with E-state index in [1.807, 2.05) is 43.3 Å². The second-order valence-corrected chi connectivity index (χ2v) is 5.20. The average Bonchev–Trinajstić information content (AvgIpc) is 2.58. The zero-order chi connectivity index (χ0) is 16.2. The third-order valence-electron chi connectivity index (χ3n) is 3.57. The number of aryl methyl sites for hydroxylation is 1. The van der Waals surface area contributed by atoms with E-state index in [1.165, 1.54) is 6.07 Å². The molecule has 0 amide bonds. The minimum Gasteiger partial charge on any atom is -0.355 e. The van der Waals surface area contributed by atoms with Crippen LogP contribution in [0.5, 0.6) is 0 Å². The van der Waals surface area contributed by atoms with E-state index in [0.717, 1.165) is 28.1 Å². The van der Waals surface area contributed by atoms with Crippen LogP contribution in [0.25, 0.3) is 11.1 Å². The van der Waals surface area contributed by atoms with Crippen LogP contribution in [0.2, 0.25) is 0 Å². The van der Waals surface area contributed by atoms with Crippen molar-refractivity contribution in [2.75, 3.05) is 5.32 Å². The molecule has 1 heterocycles. The number of anilines is 2. The Labute approximate surface area is 133 Å². The Hall–Kier alpha value is -3.21. The number of nitro benzene ring substituents is 1. The molecular formula is C18H15N3O2. The highest BCUT2D eigenvalue weighted by molar-refractivity contribution is 5.72. The molecule has 1 N–H and O–H groups in total. The highest BCUT2D eigenvalue weighted by atomic mass is 16.6. The number of nitrogens with one attached hydrogen (secondary N) is 1. The summed E-state index contributed by atoms with van der Waals surface area (Å²) in [6.07, 6.45) is 3.54. The number of nitro groups is 1. The summed E-state index contributed by atoms with van der Waals surface area (Å²) in [5, 5.41) is 14.2. The van der Waals surface area contributed by atoms with Crippen LogP contribution in [0.1, 0.15) is 5.56 Å². The van der Waals surface area contributed by atoms with E-state index in [0.29, 0.717) is 0 Å². The molecule has 23 heavy (non-hydrogen) atoms. The number of non-ortho nitro benzene ring substituents is 1. The Morgan fingerprint density at radius 2 is 1.87 bits per heavy atom. The van der Waals surface area contributed by atoms with E-state index in [-0.39, 0.29) is 5.69 Å². The topological polar surface area (TPSA) is 68.1 Å². The number of pyridine rings is 1. The lowest BCUT2D eigenvalue weighted by atomic mass is 10.1. The van der Waals surface area contributed by atoms with Gasteiger partial charge in [-0.25, -0.2) is 0 Å². The average molecular weight is 305 g/mol. The van der Waals surface area contributed by atoms with Crippen molar-refractivity contribution in [2.45, 2.75) is 6.92 Å². The maximum atomic E-state index is 10.9. The molecule has 0 atom stereocenters. The predicted molar refractivity (Wildman–Crippen MR) is 90.8 cm³/mol. The van der Waals surface area contributed by atoms with Gasteiger partial charge in [-0.1, -0.05) is 24.3 Å². The Kier molecular flexibility index (Phi) is 4.01. The van der Waals surface area contributed by atoms with Gasteiger partial charge in [-0.05, 0) is 36.2 Å². The van der Waals surface area contributed by atoms with Crippen molar-refractivity contribution >= 4 is 17.1 Å². The number of rotatable bonds is 4. The lowest BCUT2D eigenvalue weighted by molar-refractivity contribution is -0.384. The van der Waals surface area contributed by atoms with Crippen LogP contribution in [0.3, 0.4) is 0 Å². The van der Waals surface area contributed by atoms with E-state index in [1.54, 1.807) is 24.5 Å². The Balaban J connectivity index is 1.92. The van der Waals surface area contributed by atoms with Gasteiger partial charge in [-0.15, -0.1) is 0 Å². The number of nitrogens with zero attached hydrogens (tertiary/aromatic N) is 2. The van der Waals surface area contributed by atoms with Crippen LogP contribution in [-0.4, -0.2) is 9.91 Å². The SMILES string of the molecule is Cc1ccc([N+](=O)[O-])cc1Nc1cccc(-c2cccnc2)c1. The first-order valence-corrected chi connectivity index (χ1v) is 7.16. The molecule has 3 aromatic rings. The van der Waals surface area contributed by atoms with E-state index in [4.69, 9.17) is 0 Å². The molecule has 2 aromatic carbocycles.